The molecule has 104 valence electrons. The Labute approximate surface area is 114 Å². The van der Waals surface area contributed by atoms with Crippen LogP contribution in [-0.4, -0.2) is 17.4 Å². The van der Waals surface area contributed by atoms with Crippen molar-refractivity contribution in [1.82, 2.24) is 10.3 Å². The molecule has 1 aliphatic carbocycles. The summed E-state index contributed by atoms with van der Waals surface area (Å²) in [6.07, 6.45) is 9.91. The molecule has 1 amide bonds. The van der Waals surface area contributed by atoms with Gasteiger partial charge in [-0.3, -0.25) is 9.78 Å². The fourth-order valence-electron chi connectivity index (χ4n) is 2.86. The molecule has 1 fully saturated rings. The molecule has 2 rings (SSSR count). The van der Waals surface area contributed by atoms with Crippen LogP contribution in [0.15, 0.2) is 24.5 Å². The van der Waals surface area contributed by atoms with Crippen LogP contribution >= 0.6 is 0 Å². The third kappa shape index (κ3) is 4.03. The number of hydrogen-bond donors (Lipinski definition) is 2. The van der Waals surface area contributed by atoms with E-state index in [-0.39, 0.29) is 11.3 Å². The second kappa shape index (κ2) is 6.66. The van der Waals surface area contributed by atoms with Gasteiger partial charge in [-0.05, 0) is 42.5 Å². The summed E-state index contributed by atoms with van der Waals surface area (Å²) in [6.45, 7) is 1.19. The lowest BCUT2D eigenvalue weighted by atomic mass is 9.71. The van der Waals surface area contributed by atoms with E-state index in [0.29, 0.717) is 19.5 Å². The molecule has 0 radical (unpaired) electrons. The number of nitrogens with one attached hydrogen (secondary N) is 1. The first-order valence-corrected chi connectivity index (χ1v) is 7.10. The zero-order valence-corrected chi connectivity index (χ0v) is 11.4. The second-order valence-corrected chi connectivity index (χ2v) is 5.57. The molecule has 4 nitrogen and oxygen atoms in total. The third-order valence-electron chi connectivity index (χ3n) is 4.12. The minimum absolute atomic E-state index is 0.0422. The fourth-order valence-corrected chi connectivity index (χ4v) is 2.86. The quantitative estimate of drug-likeness (QED) is 0.851. The summed E-state index contributed by atoms with van der Waals surface area (Å²) in [4.78, 5) is 16.0. The van der Waals surface area contributed by atoms with Gasteiger partial charge in [0.05, 0.1) is 0 Å². The maximum Gasteiger partial charge on any atom is 0.220 e. The number of carbonyl (C=O) groups is 1. The summed E-state index contributed by atoms with van der Waals surface area (Å²) in [7, 11) is 0. The largest absolute Gasteiger partial charge is 0.352 e. The SMILES string of the molecule is NCC1(CC(=O)NCc2ccncc2)CCCCC1. The van der Waals surface area contributed by atoms with Crippen LogP contribution in [0, 0.1) is 5.41 Å². The molecular formula is C15H23N3O. The molecule has 0 aromatic carbocycles. The van der Waals surface area contributed by atoms with E-state index >= 15 is 0 Å². The molecule has 1 aromatic rings. The molecule has 0 saturated heterocycles. The van der Waals surface area contributed by atoms with Crippen molar-refractivity contribution in [3.05, 3.63) is 30.1 Å². The average Bonchev–Trinajstić information content (AvgIpc) is 2.47. The third-order valence-corrected chi connectivity index (χ3v) is 4.12. The number of nitrogens with two attached hydrogens (primary N) is 1. The number of nitrogens with zero attached hydrogens (tertiary/aromatic N) is 1. The second-order valence-electron chi connectivity index (χ2n) is 5.57. The van der Waals surface area contributed by atoms with E-state index in [2.05, 4.69) is 10.3 Å². The van der Waals surface area contributed by atoms with Crippen LogP contribution in [0.5, 0.6) is 0 Å². The molecule has 1 saturated carbocycles. The van der Waals surface area contributed by atoms with E-state index in [1.165, 1.54) is 19.3 Å². The Morgan fingerprint density at radius 2 is 1.95 bits per heavy atom. The highest BCUT2D eigenvalue weighted by atomic mass is 16.1. The smallest absolute Gasteiger partial charge is 0.220 e. The first kappa shape index (κ1) is 14.0. The fraction of sp³-hybridized carbons (Fsp3) is 0.600. The minimum Gasteiger partial charge on any atom is -0.352 e. The molecule has 1 aromatic heterocycles. The van der Waals surface area contributed by atoms with Gasteiger partial charge in [0.2, 0.25) is 5.91 Å². The van der Waals surface area contributed by atoms with Gasteiger partial charge in [0.25, 0.3) is 0 Å². The lowest BCUT2D eigenvalue weighted by Crippen LogP contribution is -2.38. The molecule has 0 spiro atoms. The van der Waals surface area contributed by atoms with Gasteiger partial charge in [0.15, 0.2) is 0 Å². The highest BCUT2D eigenvalue weighted by Crippen LogP contribution is 2.38. The van der Waals surface area contributed by atoms with Crippen LogP contribution in [0.25, 0.3) is 0 Å². The summed E-state index contributed by atoms with van der Waals surface area (Å²) in [5.41, 5.74) is 7.03. The molecule has 0 aliphatic heterocycles. The van der Waals surface area contributed by atoms with Gasteiger partial charge < -0.3 is 11.1 Å². The van der Waals surface area contributed by atoms with Crippen LogP contribution in [0.2, 0.25) is 0 Å². The van der Waals surface area contributed by atoms with Crippen LogP contribution in [-0.2, 0) is 11.3 Å². The lowest BCUT2D eigenvalue weighted by Gasteiger charge is -2.35. The lowest BCUT2D eigenvalue weighted by molar-refractivity contribution is -0.124. The van der Waals surface area contributed by atoms with E-state index in [1.54, 1.807) is 12.4 Å². The maximum absolute atomic E-state index is 12.1. The number of hydrogen-bond acceptors (Lipinski definition) is 3. The normalized spacial score (nSPS) is 17.9. The van der Waals surface area contributed by atoms with E-state index in [1.807, 2.05) is 12.1 Å². The summed E-state index contributed by atoms with van der Waals surface area (Å²) in [5, 5.41) is 2.98. The van der Waals surface area contributed by atoms with Crippen molar-refractivity contribution >= 4 is 5.91 Å². The van der Waals surface area contributed by atoms with Crippen LogP contribution < -0.4 is 11.1 Å². The highest BCUT2D eigenvalue weighted by molar-refractivity contribution is 5.76. The number of amides is 1. The zero-order chi connectivity index (χ0) is 13.6. The molecule has 4 heteroatoms. The van der Waals surface area contributed by atoms with Crippen LogP contribution in [0.1, 0.15) is 44.1 Å². The Balaban J connectivity index is 1.83. The van der Waals surface area contributed by atoms with Crippen LogP contribution in [0.4, 0.5) is 0 Å². The number of rotatable bonds is 5. The van der Waals surface area contributed by atoms with Gasteiger partial charge in [-0.2, -0.15) is 0 Å². The van der Waals surface area contributed by atoms with E-state index in [0.717, 1.165) is 18.4 Å². The predicted molar refractivity (Wildman–Crippen MR) is 75.3 cm³/mol. The van der Waals surface area contributed by atoms with E-state index < -0.39 is 0 Å². The van der Waals surface area contributed by atoms with Crippen molar-refractivity contribution in [2.24, 2.45) is 11.1 Å². The molecule has 0 unspecified atom stereocenters. The number of pyridine rings is 1. The molecule has 0 atom stereocenters. The Bertz CT molecular complexity index is 399. The molecule has 1 aliphatic rings. The first-order chi connectivity index (χ1) is 9.24. The molecule has 3 N–H and O–H groups in total. The van der Waals surface area contributed by atoms with E-state index in [9.17, 15) is 4.79 Å². The average molecular weight is 261 g/mol. The van der Waals surface area contributed by atoms with Gasteiger partial charge >= 0.3 is 0 Å². The summed E-state index contributed by atoms with van der Waals surface area (Å²) >= 11 is 0. The van der Waals surface area contributed by atoms with Gasteiger partial charge in [-0.15, -0.1) is 0 Å². The van der Waals surface area contributed by atoms with Crippen molar-refractivity contribution in [2.45, 2.75) is 45.1 Å². The van der Waals surface area contributed by atoms with Crippen molar-refractivity contribution in [3.8, 4) is 0 Å². The highest BCUT2D eigenvalue weighted by Gasteiger charge is 2.32. The molecular weight excluding hydrogens is 238 g/mol. The molecule has 19 heavy (non-hydrogen) atoms. The topological polar surface area (TPSA) is 68.0 Å². The Kier molecular flexibility index (Phi) is 4.91. The maximum atomic E-state index is 12.1. The van der Waals surface area contributed by atoms with E-state index in [4.69, 9.17) is 5.73 Å². The minimum atomic E-state index is 0.0422. The summed E-state index contributed by atoms with van der Waals surface area (Å²) in [6, 6.07) is 3.83. The number of carbonyl (C=O) groups excluding carboxylic acids is 1. The van der Waals surface area contributed by atoms with Crippen molar-refractivity contribution < 1.29 is 4.79 Å². The van der Waals surface area contributed by atoms with Crippen LogP contribution in [0.3, 0.4) is 0 Å². The monoisotopic (exact) mass is 261 g/mol. The van der Waals surface area contributed by atoms with Gasteiger partial charge in [0.1, 0.15) is 0 Å². The molecule has 1 heterocycles. The van der Waals surface area contributed by atoms with Crippen molar-refractivity contribution in [2.75, 3.05) is 6.54 Å². The van der Waals surface area contributed by atoms with Crippen molar-refractivity contribution in [1.29, 1.82) is 0 Å². The zero-order valence-electron chi connectivity index (χ0n) is 11.4. The number of aromatic nitrogens is 1. The van der Waals surface area contributed by atoms with Gasteiger partial charge in [0, 0.05) is 25.4 Å². The Hall–Kier alpha value is -1.42. The summed E-state index contributed by atoms with van der Waals surface area (Å²) in [5.74, 6) is 0.115. The molecule has 0 bridgehead atoms. The summed E-state index contributed by atoms with van der Waals surface area (Å²) < 4.78 is 0. The standard InChI is InChI=1S/C15H23N3O/c16-12-15(6-2-1-3-7-15)10-14(19)18-11-13-4-8-17-9-5-13/h4-5,8-9H,1-3,6-7,10-12,16H2,(H,18,19). The van der Waals surface area contributed by atoms with Gasteiger partial charge in [-0.1, -0.05) is 19.3 Å². The van der Waals surface area contributed by atoms with Crippen molar-refractivity contribution in [3.63, 3.8) is 0 Å². The Morgan fingerprint density at radius 3 is 2.58 bits per heavy atom. The Morgan fingerprint density at radius 1 is 1.26 bits per heavy atom. The first-order valence-electron chi connectivity index (χ1n) is 7.10. The predicted octanol–water partition coefficient (Wildman–Crippen LogP) is 2.00. The van der Waals surface area contributed by atoms with Gasteiger partial charge in [-0.25, -0.2) is 0 Å².